The minimum absolute atomic E-state index is 0.0130. The van der Waals surface area contributed by atoms with E-state index in [4.69, 9.17) is 0 Å². The van der Waals surface area contributed by atoms with Gasteiger partial charge in [-0.25, -0.2) is 18.1 Å². The first-order valence-electron chi connectivity index (χ1n) is 7.61. The number of hydrogen-bond donors (Lipinski definition) is 2. The number of carbonyl (C=O) groups excluding carboxylic acids is 2. The first-order chi connectivity index (χ1) is 11.8. The van der Waals surface area contributed by atoms with Crippen LogP contribution in [-0.4, -0.2) is 31.6 Å². The first kappa shape index (κ1) is 18.8. The number of Topliss-reactive ketones (excluding diaryl/α,β-unsaturated/α-hetero) is 1. The number of ketones is 1. The van der Waals surface area contributed by atoms with Crippen LogP contribution in [0.15, 0.2) is 47.5 Å². The Bertz CT molecular complexity index is 894. The maximum absolute atomic E-state index is 12.2. The molecular formula is C17H19N3O4S. The predicted octanol–water partition coefficient (Wildman–Crippen LogP) is 1.90. The Morgan fingerprint density at radius 3 is 2.60 bits per heavy atom. The van der Waals surface area contributed by atoms with Crippen molar-refractivity contribution in [2.75, 3.05) is 11.9 Å². The van der Waals surface area contributed by atoms with Crippen LogP contribution in [0.2, 0.25) is 0 Å². The van der Waals surface area contributed by atoms with E-state index in [0.29, 0.717) is 11.4 Å². The summed E-state index contributed by atoms with van der Waals surface area (Å²) in [5.41, 5.74) is 1.27. The molecule has 7 nitrogen and oxygen atoms in total. The zero-order valence-corrected chi connectivity index (χ0v) is 14.8. The van der Waals surface area contributed by atoms with Crippen molar-refractivity contribution < 1.29 is 18.0 Å². The summed E-state index contributed by atoms with van der Waals surface area (Å²) in [6.07, 6.45) is 1.54. The van der Waals surface area contributed by atoms with Crippen molar-refractivity contribution in [3.8, 4) is 0 Å². The Balaban J connectivity index is 1.93. The van der Waals surface area contributed by atoms with E-state index in [2.05, 4.69) is 15.0 Å². The van der Waals surface area contributed by atoms with E-state index in [1.165, 1.54) is 25.1 Å². The van der Waals surface area contributed by atoms with Gasteiger partial charge >= 0.3 is 0 Å². The largest absolute Gasteiger partial charge is 0.311 e. The third-order valence-corrected chi connectivity index (χ3v) is 4.84. The molecule has 2 rings (SSSR count). The molecule has 25 heavy (non-hydrogen) atoms. The lowest BCUT2D eigenvalue weighted by Crippen LogP contribution is -2.28. The van der Waals surface area contributed by atoms with Crippen molar-refractivity contribution in [1.29, 1.82) is 0 Å². The molecule has 1 aromatic carbocycles. The minimum atomic E-state index is -3.79. The van der Waals surface area contributed by atoms with E-state index >= 15 is 0 Å². The van der Waals surface area contributed by atoms with E-state index < -0.39 is 10.0 Å². The summed E-state index contributed by atoms with van der Waals surface area (Å²) in [5, 5.41) is 2.60. The van der Waals surface area contributed by atoms with Gasteiger partial charge in [-0.2, -0.15) is 0 Å². The molecule has 0 saturated heterocycles. The molecule has 0 saturated carbocycles. The standard InChI is InChI=1S/C17H19N3O4S/c1-12-6-8-18-16(10-12)20-17(22)7-9-19-25(23,24)15-5-3-4-14(11-15)13(2)21/h3-6,8,10-11,19H,7,9H2,1-2H3,(H,18,20,22). The molecule has 0 unspecified atom stereocenters. The summed E-state index contributed by atoms with van der Waals surface area (Å²) in [7, 11) is -3.79. The third kappa shape index (κ3) is 5.47. The molecule has 2 aromatic rings. The molecule has 132 valence electrons. The van der Waals surface area contributed by atoms with Gasteiger partial charge in [-0.1, -0.05) is 12.1 Å². The van der Waals surface area contributed by atoms with Crippen LogP contribution in [0.5, 0.6) is 0 Å². The number of amides is 1. The van der Waals surface area contributed by atoms with Gasteiger partial charge in [-0.3, -0.25) is 9.59 Å². The van der Waals surface area contributed by atoms with E-state index in [1.807, 2.05) is 6.92 Å². The average molecular weight is 361 g/mol. The van der Waals surface area contributed by atoms with Crippen LogP contribution in [0.3, 0.4) is 0 Å². The second kappa shape index (κ2) is 8.00. The molecule has 2 N–H and O–H groups in total. The van der Waals surface area contributed by atoms with Crippen LogP contribution >= 0.6 is 0 Å². The number of hydrogen-bond acceptors (Lipinski definition) is 5. The molecule has 0 aliphatic rings. The average Bonchev–Trinajstić information content (AvgIpc) is 2.54. The first-order valence-corrected chi connectivity index (χ1v) is 9.09. The summed E-state index contributed by atoms with van der Waals surface area (Å²) < 4.78 is 26.8. The van der Waals surface area contributed by atoms with Gasteiger partial charge in [0.05, 0.1) is 4.90 Å². The molecule has 0 atom stereocenters. The zero-order valence-electron chi connectivity index (χ0n) is 13.9. The smallest absolute Gasteiger partial charge is 0.240 e. The molecule has 1 aromatic heterocycles. The second-order valence-corrected chi connectivity index (χ2v) is 7.27. The van der Waals surface area contributed by atoms with Gasteiger partial charge < -0.3 is 5.32 Å². The Kier molecular flexibility index (Phi) is 6.00. The highest BCUT2D eigenvalue weighted by atomic mass is 32.2. The van der Waals surface area contributed by atoms with Gasteiger partial charge in [0.25, 0.3) is 0 Å². The van der Waals surface area contributed by atoms with Gasteiger partial charge in [-0.15, -0.1) is 0 Å². The SMILES string of the molecule is CC(=O)c1cccc(S(=O)(=O)NCCC(=O)Nc2cc(C)ccn2)c1. The normalized spacial score (nSPS) is 11.1. The molecule has 0 bridgehead atoms. The lowest BCUT2D eigenvalue weighted by molar-refractivity contribution is -0.116. The van der Waals surface area contributed by atoms with Crippen molar-refractivity contribution >= 4 is 27.5 Å². The summed E-state index contributed by atoms with van der Waals surface area (Å²) in [5.74, 6) is -0.151. The highest BCUT2D eigenvalue weighted by Gasteiger charge is 2.15. The van der Waals surface area contributed by atoms with Gasteiger partial charge in [0.2, 0.25) is 15.9 Å². The highest BCUT2D eigenvalue weighted by Crippen LogP contribution is 2.12. The van der Waals surface area contributed by atoms with Gasteiger partial charge in [0.1, 0.15) is 5.82 Å². The van der Waals surface area contributed by atoms with Crippen molar-refractivity contribution in [2.24, 2.45) is 0 Å². The summed E-state index contributed by atoms with van der Waals surface area (Å²) >= 11 is 0. The molecule has 0 aliphatic carbocycles. The Morgan fingerprint density at radius 2 is 1.92 bits per heavy atom. The minimum Gasteiger partial charge on any atom is -0.311 e. The molecule has 0 radical (unpaired) electrons. The fourth-order valence-corrected chi connectivity index (χ4v) is 3.15. The van der Waals surface area contributed by atoms with Gasteiger partial charge in [0.15, 0.2) is 5.78 Å². The quantitative estimate of drug-likeness (QED) is 0.733. The number of nitrogens with one attached hydrogen (secondary N) is 2. The summed E-state index contributed by atoms with van der Waals surface area (Å²) in [6.45, 7) is 3.17. The molecule has 0 fully saturated rings. The number of benzene rings is 1. The number of nitrogens with zero attached hydrogens (tertiary/aromatic N) is 1. The topological polar surface area (TPSA) is 105 Å². The van der Waals surface area contributed by atoms with Crippen LogP contribution in [-0.2, 0) is 14.8 Å². The lowest BCUT2D eigenvalue weighted by atomic mass is 10.2. The van der Waals surface area contributed by atoms with Crippen LogP contribution in [0, 0.1) is 6.92 Å². The maximum atomic E-state index is 12.2. The zero-order chi connectivity index (χ0) is 18.4. The van der Waals surface area contributed by atoms with Crippen molar-refractivity contribution in [1.82, 2.24) is 9.71 Å². The van der Waals surface area contributed by atoms with Gasteiger partial charge in [-0.05, 0) is 43.7 Å². The third-order valence-electron chi connectivity index (χ3n) is 3.38. The van der Waals surface area contributed by atoms with Crippen molar-refractivity contribution in [3.63, 3.8) is 0 Å². The lowest BCUT2D eigenvalue weighted by Gasteiger charge is -2.08. The Hall–Kier alpha value is -2.58. The maximum Gasteiger partial charge on any atom is 0.240 e. The van der Waals surface area contributed by atoms with Crippen molar-refractivity contribution in [2.45, 2.75) is 25.2 Å². The monoisotopic (exact) mass is 361 g/mol. The Morgan fingerprint density at radius 1 is 1.16 bits per heavy atom. The van der Waals surface area contributed by atoms with Crippen molar-refractivity contribution in [3.05, 3.63) is 53.7 Å². The van der Waals surface area contributed by atoms with E-state index in [-0.39, 0.29) is 29.6 Å². The van der Waals surface area contributed by atoms with Crippen LogP contribution in [0.1, 0.15) is 29.3 Å². The molecule has 1 heterocycles. The number of pyridine rings is 1. The van der Waals surface area contributed by atoms with Crippen LogP contribution in [0.25, 0.3) is 0 Å². The summed E-state index contributed by atoms with van der Waals surface area (Å²) in [4.78, 5) is 27.2. The van der Waals surface area contributed by atoms with Crippen LogP contribution in [0.4, 0.5) is 5.82 Å². The number of aromatic nitrogens is 1. The highest BCUT2D eigenvalue weighted by molar-refractivity contribution is 7.89. The van der Waals surface area contributed by atoms with E-state index in [1.54, 1.807) is 24.4 Å². The number of carbonyl (C=O) groups is 2. The fourth-order valence-electron chi connectivity index (χ4n) is 2.07. The molecule has 1 amide bonds. The van der Waals surface area contributed by atoms with Crippen LogP contribution < -0.4 is 10.0 Å². The van der Waals surface area contributed by atoms with Gasteiger partial charge in [0, 0.05) is 24.7 Å². The predicted molar refractivity (Wildman–Crippen MR) is 93.9 cm³/mol. The van der Waals surface area contributed by atoms with E-state index in [9.17, 15) is 18.0 Å². The second-order valence-electron chi connectivity index (χ2n) is 5.50. The number of anilines is 1. The summed E-state index contributed by atoms with van der Waals surface area (Å²) in [6, 6.07) is 9.27. The van der Waals surface area contributed by atoms with E-state index in [0.717, 1.165) is 5.56 Å². The fraction of sp³-hybridized carbons (Fsp3) is 0.235. The molecular weight excluding hydrogens is 342 g/mol. The molecule has 0 spiro atoms. The number of sulfonamides is 1. The number of rotatable bonds is 7. The Labute approximate surface area is 146 Å². The molecule has 8 heteroatoms. The number of aryl methyl sites for hydroxylation is 1. The molecule has 0 aliphatic heterocycles.